The lowest BCUT2D eigenvalue weighted by Gasteiger charge is -2.29. The maximum absolute atomic E-state index is 13.7. The van der Waals surface area contributed by atoms with Crippen molar-refractivity contribution in [1.82, 2.24) is 4.98 Å². The van der Waals surface area contributed by atoms with E-state index in [2.05, 4.69) is 18.8 Å². The molecule has 0 radical (unpaired) electrons. The van der Waals surface area contributed by atoms with Crippen molar-refractivity contribution in [3.63, 3.8) is 0 Å². The molecule has 1 aliphatic rings. The maximum atomic E-state index is 13.7. The zero-order valence-corrected chi connectivity index (χ0v) is 10.1. The number of hydrogen-bond donors (Lipinski definition) is 1. The Labute approximate surface area is 99.6 Å². The summed E-state index contributed by atoms with van der Waals surface area (Å²) >= 11 is 0. The lowest BCUT2D eigenvalue weighted by Crippen LogP contribution is -2.34. The molecule has 0 bridgehead atoms. The van der Waals surface area contributed by atoms with E-state index in [9.17, 15) is 8.78 Å². The highest BCUT2D eigenvalue weighted by Gasteiger charge is 2.30. The van der Waals surface area contributed by atoms with Crippen molar-refractivity contribution in [3.8, 4) is 0 Å². The van der Waals surface area contributed by atoms with Crippen molar-refractivity contribution in [2.45, 2.75) is 32.7 Å². The number of nitrogens with two attached hydrogens (primary N) is 1. The van der Waals surface area contributed by atoms with Crippen molar-refractivity contribution < 1.29 is 8.78 Å². The van der Waals surface area contributed by atoms with Crippen LogP contribution in [0.1, 0.15) is 26.7 Å². The van der Waals surface area contributed by atoms with Gasteiger partial charge in [-0.25, -0.2) is 13.8 Å². The normalized spacial score (nSPS) is 20.3. The molecule has 2 rings (SSSR count). The van der Waals surface area contributed by atoms with Gasteiger partial charge in [0.25, 0.3) is 0 Å². The van der Waals surface area contributed by atoms with Gasteiger partial charge in [0.15, 0.2) is 23.3 Å². The molecule has 5 heteroatoms. The summed E-state index contributed by atoms with van der Waals surface area (Å²) in [5, 5.41) is 0. The molecule has 1 unspecified atom stereocenters. The first-order valence-corrected chi connectivity index (χ1v) is 5.89. The highest BCUT2D eigenvalue weighted by molar-refractivity contribution is 5.48. The molecule has 0 aromatic carbocycles. The number of hydrogen-bond acceptors (Lipinski definition) is 3. The van der Waals surface area contributed by atoms with Gasteiger partial charge in [0.1, 0.15) is 0 Å². The molecule has 1 aromatic heterocycles. The van der Waals surface area contributed by atoms with E-state index in [1.807, 2.05) is 4.90 Å². The van der Waals surface area contributed by atoms with Gasteiger partial charge >= 0.3 is 0 Å². The number of pyridine rings is 1. The van der Waals surface area contributed by atoms with Crippen LogP contribution < -0.4 is 10.6 Å². The van der Waals surface area contributed by atoms with E-state index in [-0.39, 0.29) is 17.7 Å². The Morgan fingerprint density at radius 3 is 2.76 bits per heavy atom. The Morgan fingerprint density at radius 2 is 2.12 bits per heavy atom. The number of halogens is 2. The fourth-order valence-corrected chi connectivity index (χ4v) is 2.42. The van der Waals surface area contributed by atoms with Crippen LogP contribution in [-0.4, -0.2) is 17.6 Å². The average molecular weight is 241 g/mol. The zero-order chi connectivity index (χ0) is 12.6. The molecule has 0 saturated carbocycles. The highest BCUT2D eigenvalue weighted by Crippen LogP contribution is 2.31. The van der Waals surface area contributed by atoms with Crippen molar-refractivity contribution >= 4 is 11.6 Å². The van der Waals surface area contributed by atoms with Crippen LogP contribution in [0.15, 0.2) is 6.07 Å². The minimum absolute atomic E-state index is 0.181. The summed E-state index contributed by atoms with van der Waals surface area (Å²) in [5.74, 6) is -1.09. The third-order valence-electron chi connectivity index (χ3n) is 3.28. The molecular weight excluding hydrogens is 224 g/mol. The van der Waals surface area contributed by atoms with E-state index >= 15 is 0 Å². The fourth-order valence-electron chi connectivity index (χ4n) is 2.42. The molecule has 0 aliphatic carbocycles. The third-order valence-corrected chi connectivity index (χ3v) is 3.28. The second-order valence-corrected chi connectivity index (χ2v) is 4.81. The van der Waals surface area contributed by atoms with E-state index in [0.29, 0.717) is 5.92 Å². The number of anilines is 2. The number of aromatic nitrogens is 1. The van der Waals surface area contributed by atoms with Gasteiger partial charge in [0.05, 0.1) is 0 Å². The van der Waals surface area contributed by atoms with E-state index in [1.54, 1.807) is 0 Å². The Bertz CT molecular complexity index is 420. The van der Waals surface area contributed by atoms with Crippen LogP contribution in [0.4, 0.5) is 20.4 Å². The van der Waals surface area contributed by atoms with Gasteiger partial charge in [0.2, 0.25) is 0 Å². The van der Waals surface area contributed by atoms with Gasteiger partial charge in [-0.1, -0.05) is 13.8 Å². The van der Waals surface area contributed by atoms with Crippen LogP contribution in [0.5, 0.6) is 0 Å². The summed E-state index contributed by atoms with van der Waals surface area (Å²) in [4.78, 5) is 5.74. The number of nitrogen functional groups attached to an aromatic ring is 1. The predicted octanol–water partition coefficient (Wildman–Crippen LogP) is 2.57. The van der Waals surface area contributed by atoms with Crippen molar-refractivity contribution in [1.29, 1.82) is 0 Å². The second-order valence-electron chi connectivity index (χ2n) is 4.81. The van der Waals surface area contributed by atoms with Crippen LogP contribution >= 0.6 is 0 Å². The Morgan fingerprint density at radius 1 is 1.41 bits per heavy atom. The van der Waals surface area contributed by atoms with Crippen molar-refractivity contribution in [2.24, 2.45) is 5.92 Å². The molecule has 2 heterocycles. The molecule has 0 amide bonds. The quantitative estimate of drug-likeness (QED) is 0.865. The minimum atomic E-state index is -0.799. The Kier molecular flexibility index (Phi) is 3.17. The molecule has 2 N–H and O–H groups in total. The van der Waals surface area contributed by atoms with Gasteiger partial charge in [-0.15, -0.1) is 0 Å². The van der Waals surface area contributed by atoms with E-state index in [4.69, 9.17) is 5.73 Å². The van der Waals surface area contributed by atoms with Crippen molar-refractivity contribution in [2.75, 3.05) is 17.2 Å². The van der Waals surface area contributed by atoms with E-state index in [1.165, 1.54) is 0 Å². The summed E-state index contributed by atoms with van der Waals surface area (Å²) in [5.41, 5.74) is 5.40. The summed E-state index contributed by atoms with van der Waals surface area (Å²) in [6, 6.07) is 1.06. The highest BCUT2D eigenvalue weighted by atomic mass is 19.1. The van der Waals surface area contributed by atoms with Crippen molar-refractivity contribution in [3.05, 3.63) is 17.7 Å². The molecule has 0 spiro atoms. The molecule has 94 valence electrons. The topological polar surface area (TPSA) is 42.2 Å². The van der Waals surface area contributed by atoms with Gasteiger partial charge in [-0.2, -0.15) is 0 Å². The predicted molar refractivity (Wildman–Crippen MR) is 63.8 cm³/mol. The number of nitrogens with zero attached hydrogens (tertiary/aromatic N) is 2. The van der Waals surface area contributed by atoms with Gasteiger partial charge in [0, 0.05) is 18.7 Å². The largest absolute Gasteiger partial charge is 0.381 e. The molecule has 3 nitrogen and oxygen atoms in total. The number of rotatable bonds is 2. The minimum Gasteiger partial charge on any atom is -0.381 e. The first kappa shape index (κ1) is 12.1. The molecule has 17 heavy (non-hydrogen) atoms. The summed E-state index contributed by atoms with van der Waals surface area (Å²) in [7, 11) is 0. The van der Waals surface area contributed by atoms with Crippen LogP contribution in [-0.2, 0) is 0 Å². The summed E-state index contributed by atoms with van der Waals surface area (Å²) in [6.07, 6.45) is 2.01. The van der Waals surface area contributed by atoms with E-state index < -0.39 is 11.6 Å². The molecule has 1 fully saturated rings. The summed E-state index contributed by atoms with van der Waals surface area (Å²) in [6.45, 7) is 4.93. The monoisotopic (exact) mass is 241 g/mol. The fraction of sp³-hybridized carbons (Fsp3) is 0.583. The van der Waals surface area contributed by atoms with Crippen LogP contribution in [0.25, 0.3) is 0 Å². The maximum Gasteiger partial charge on any atom is 0.168 e. The van der Waals surface area contributed by atoms with Gasteiger partial charge in [-0.05, 0) is 18.8 Å². The van der Waals surface area contributed by atoms with Crippen LogP contribution in [0.2, 0.25) is 0 Å². The lowest BCUT2D eigenvalue weighted by atomic mass is 10.0. The smallest absolute Gasteiger partial charge is 0.168 e. The van der Waals surface area contributed by atoms with E-state index in [0.717, 1.165) is 25.5 Å². The average Bonchev–Trinajstić information content (AvgIpc) is 2.72. The molecule has 1 aliphatic heterocycles. The second kappa shape index (κ2) is 4.47. The molecule has 1 atom stereocenters. The first-order chi connectivity index (χ1) is 8.00. The zero-order valence-electron chi connectivity index (χ0n) is 10.1. The van der Waals surface area contributed by atoms with Crippen LogP contribution in [0.3, 0.4) is 0 Å². The first-order valence-electron chi connectivity index (χ1n) is 5.89. The standard InChI is InChI=1S/C12H17F2N3/c1-7(2)10-4-3-5-17(10)12-9(14)6-8(13)11(15)16-12/h6-7,10H,3-5H2,1-2H3,(H2,15,16). The summed E-state index contributed by atoms with van der Waals surface area (Å²) < 4.78 is 26.8. The molecule has 1 aromatic rings. The molecular formula is C12H17F2N3. The van der Waals surface area contributed by atoms with Gasteiger partial charge < -0.3 is 10.6 Å². The third kappa shape index (κ3) is 2.18. The molecule has 1 saturated heterocycles. The SMILES string of the molecule is CC(C)C1CCCN1c1nc(N)c(F)cc1F. The Balaban J connectivity index is 2.36. The Hall–Kier alpha value is -1.39. The van der Waals surface area contributed by atoms with Crippen LogP contribution in [0, 0.1) is 17.6 Å². The lowest BCUT2D eigenvalue weighted by molar-refractivity contribution is 0.480. The van der Waals surface area contributed by atoms with Gasteiger partial charge in [-0.3, -0.25) is 0 Å².